The highest BCUT2D eigenvalue weighted by Gasteiger charge is 2.08. The SMILES string of the molecule is CCCNCc1c(Cl)cccc1OCc1ncccn1. The summed E-state index contributed by atoms with van der Waals surface area (Å²) in [6, 6.07) is 7.45. The minimum absolute atomic E-state index is 0.335. The lowest BCUT2D eigenvalue weighted by Crippen LogP contribution is -2.15. The van der Waals surface area contributed by atoms with Crippen LogP contribution in [-0.4, -0.2) is 16.5 Å². The zero-order valence-electron chi connectivity index (χ0n) is 11.5. The number of benzene rings is 1. The summed E-state index contributed by atoms with van der Waals surface area (Å²) in [6.45, 7) is 4.11. The number of aromatic nitrogens is 2. The van der Waals surface area contributed by atoms with Crippen molar-refractivity contribution in [2.45, 2.75) is 26.5 Å². The molecule has 1 heterocycles. The third-order valence-electron chi connectivity index (χ3n) is 2.78. The van der Waals surface area contributed by atoms with Crippen molar-refractivity contribution < 1.29 is 4.74 Å². The van der Waals surface area contributed by atoms with E-state index >= 15 is 0 Å². The van der Waals surface area contributed by atoms with Crippen LogP contribution >= 0.6 is 11.6 Å². The van der Waals surface area contributed by atoms with E-state index < -0.39 is 0 Å². The summed E-state index contributed by atoms with van der Waals surface area (Å²) in [5.74, 6) is 1.42. The molecule has 0 unspecified atom stereocenters. The van der Waals surface area contributed by atoms with Crippen LogP contribution in [0.25, 0.3) is 0 Å². The highest BCUT2D eigenvalue weighted by molar-refractivity contribution is 6.31. The van der Waals surface area contributed by atoms with Crippen molar-refractivity contribution in [2.24, 2.45) is 0 Å². The van der Waals surface area contributed by atoms with Crippen LogP contribution in [0, 0.1) is 0 Å². The number of rotatable bonds is 7. The van der Waals surface area contributed by atoms with Crippen molar-refractivity contribution in [1.29, 1.82) is 0 Å². The first-order valence-corrected chi connectivity index (χ1v) is 7.06. The normalized spacial score (nSPS) is 10.5. The highest BCUT2D eigenvalue weighted by atomic mass is 35.5. The number of nitrogens with one attached hydrogen (secondary N) is 1. The Morgan fingerprint density at radius 2 is 2.00 bits per heavy atom. The summed E-state index contributed by atoms with van der Waals surface area (Å²) >= 11 is 6.24. The molecule has 2 rings (SSSR count). The molecule has 0 bridgehead atoms. The van der Waals surface area contributed by atoms with Gasteiger partial charge in [0.15, 0.2) is 5.82 Å². The molecule has 0 aliphatic carbocycles. The molecule has 0 radical (unpaired) electrons. The zero-order valence-corrected chi connectivity index (χ0v) is 12.2. The van der Waals surface area contributed by atoms with Gasteiger partial charge in [-0.15, -0.1) is 0 Å². The summed E-state index contributed by atoms with van der Waals surface area (Å²) in [5, 5.41) is 4.04. The zero-order chi connectivity index (χ0) is 14.2. The molecular formula is C15H18ClN3O. The summed E-state index contributed by atoms with van der Waals surface area (Å²) < 4.78 is 5.79. The molecule has 106 valence electrons. The van der Waals surface area contributed by atoms with Gasteiger partial charge in [-0.05, 0) is 31.2 Å². The molecule has 4 nitrogen and oxygen atoms in total. The fourth-order valence-electron chi connectivity index (χ4n) is 1.78. The predicted octanol–water partition coefficient (Wildman–Crippen LogP) is 3.21. The first-order valence-electron chi connectivity index (χ1n) is 6.68. The second kappa shape index (κ2) is 7.82. The van der Waals surface area contributed by atoms with Gasteiger partial charge in [0.2, 0.25) is 0 Å². The van der Waals surface area contributed by atoms with Crippen molar-refractivity contribution in [3.63, 3.8) is 0 Å². The Hall–Kier alpha value is -1.65. The first-order chi connectivity index (χ1) is 9.81. The highest BCUT2D eigenvalue weighted by Crippen LogP contribution is 2.26. The summed E-state index contributed by atoms with van der Waals surface area (Å²) in [5.41, 5.74) is 0.971. The largest absolute Gasteiger partial charge is 0.485 e. The molecule has 5 heteroatoms. The van der Waals surface area contributed by atoms with Crippen LogP contribution in [0.5, 0.6) is 5.75 Å². The van der Waals surface area contributed by atoms with Crippen LogP contribution in [0.15, 0.2) is 36.7 Å². The Bertz CT molecular complexity index is 534. The number of nitrogens with zero attached hydrogens (tertiary/aromatic N) is 2. The van der Waals surface area contributed by atoms with Gasteiger partial charge in [0.05, 0.1) is 0 Å². The Morgan fingerprint density at radius 3 is 2.75 bits per heavy atom. The van der Waals surface area contributed by atoms with E-state index in [1.165, 1.54) is 0 Å². The number of halogens is 1. The van der Waals surface area contributed by atoms with Crippen LogP contribution in [0.4, 0.5) is 0 Å². The van der Waals surface area contributed by atoms with E-state index in [1.54, 1.807) is 18.5 Å². The van der Waals surface area contributed by atoms with E-state index in [0.717, 1.165) is 24.3 Å². The molecule has 0 amide bonds. The Labute approximate surface area is 124 Å². The van der Waals surface area contributed by atoms with Gasteiger partial charge >= 0.3 is 0 Å². The number of ether oxygens (including phenoxy) is 1. The fraction of sp³-hybridized carbons (Fsp3) is 0.333. The Morgan fingerprint density at radius 1 is 1.20 bits per heavy atom. The molecule has 1 aromatic heterocycles. The average molecular weight is 292 g/mol. The minimum atomic E-state index is 0.335. The van der Waals surface area contributed by atoms with Crippen LogP contribution in [0.1, 0.15) is 24.7 Å². The maximum absolute atomic E-state index is 6.24. The third-order valence-corrected chi connectivity index (χ3v) is 3.13. The van der Waals surface area contributed by atoms with E-state index in [1.807, 2.05) is 18.2 Å². The number of hydrogen-bond acceptors (Lipinski definition) is 4. The first kappa shape index (κ1) is 14.8. The molecule has 2 aromatic rings. The van der Waals surface area contributed by atoms with E-state index in [2.05, 4.69) is 22.2 Å². The lowest BCUT2D eigenvalue weighted by atomic mass is 10.2. The maximum Gasteiger partial charge on any atom is 0.166 e. The van der Waals surface area contributed by atoms with Crippen LogP contribution in [0.3, 0.4) is 0 Å². The molecule has 0 fully saturated rings. The van der Waals surface area contributed by atoms with Crippen molar-refractivity contribution in [1.82, 2.24) is 15.3 Å². The van der Waals surface area contributed by atoms with Crippen molar-refractivity contribution in [2.75, 3.05) is 6.54 Å². The standard InChI is InChI=1S/C15H18ClN3O/c1-2-7-17-10-12-13(16)5-3-6-14(12)20-11-15-18-8-4-9-19-15/h3-6,8-9,17H,2,7,10-11H2,1H3. The molecule has 1 aromatic carbocycles. The van der Waals surface area contributed by atoms with Gasteiger partial charge in [-0.3, -0.25) is 0 Å². The Kier molecular flexibility index (Phi) is 5.77. The van der Waals surface area contributed by atoms with Gasteiger partial charge in [0.25, 0.3) is 0 Å². The molecule has 20 heavy (non-hydrogen) atoms. The molecule has 0 atom stereocenters. The van der Waals surface area contributed by atoms with Crippen LogP contribution in [-0.2, 0) is 13.2 Å². The summed E-state index contributed by atoms with van der Waals surface area (Å²) in [7, 11) is 0. The van der Waals surface area contributed by atoms with Gasteiger partial charge < -0.3 is 10.1 Å². The lowest BCUT2D eigenvalue weighted by molar-refractivity contribution is 0.292. The molecular weight excluding hydrogens is 274 g/mol. The second-order valence-electron chi connectivity index (χ2n) is 4.35. The van der Waals surface area contributed by atoms with Crippen molar-refractivity contribution >= 4 is 11.6 Å². The van der Waals surface area contributed by atoms with Gasteiger partial charge in [0.1, 0.15) is 12.4 Å². The van der Waals surface area contributed by atoms with E-state index in [0.29, 0.717) is 24.0 Å². The summed E-state index contributed by atoms with van der Waals surface area (Å²) in [4.78, 5) is 8.27. The van der Waals surface area contributed by atoms with Crippen LogP contribution < -0.4 is 10.1 Å². The number of hydrogen-bond donors (Lipinski definition) is 1. The van der Waals surface area contributed by atoms with Gasteiger partial charge in [0, 0.05) is 29.5 Å². The van der Waals surface area contributed by atoms with Crippen LogP contribution in [0.2, 0.25) is 5.02 Å². The second-order valence-corrected chi connectivity index (χ2v) is 4.75. The summed E-state index contributed by atoms with van der Waals surface area (Å²) in [6.07, 6.45) is 4.49. The Balaban J connectivity index is 2.04. The predicted molar refractivity (Wildman–Crippen MR) is 79.8 cm³/mol. The molecule has 0 saturated carbocycles. The molecule has 1 N–H and O–H groups in total. The molecule has 0 saturated heterocycles. The minimum Gasteiger partial charge on any atom is -0.485 e. The quantitative estimate of drug-likeness (QED) is 0.796. The van der Waals surface area contributed by atoms with Gasteiger partial charge in [-0.25, -0.2) is 9.97 Å². The van der Waals surface area contributed by atoms with Gasteiger partial charge in [-0.1, -0.05) is 24.6 Å². The van der Waals surface area contributed by atoms with E-state index in [4.69, 9.17) is 16.3 Å². The molecule has 0 spiro atoms. The maximum atomic E-state index is 6.24. The topological polar surface area (TPSA) is 47.0 Å². The third kappa shape index (κ3) is 4.18. The smallest absolute Gasteiger partial charge is 0.166 e. The van der Waals surface area contributed by atoms with Crippen molar-refractivity contribution in [3.8, 4) is 5.75 Å². The van der Waals surface area contributed by atoms with Gasteiger partial charge in [-0.2, -0.15) is 0 Å². The monoisotopic (exact) mass is 291 g/mol. The molecule has 0 aliphatic heterocycles. The average Bonchev–Trinajstić information content (AvgIpc) is 2.48. The lowest BCUT2D eigenvalue weighted by Gasteiger charge is -2.13. The van der Waals surface area contributed by atoms with E-state index in [-0.39, 0.29) is 0 Å². The fourth-order valence-corrected chi connectivity index (χ4v) is 2.02. The van der Waals surface area contributed by atoms with E-state index in [9.17, 15) is 0 Å². The van der Waals surface area contributed by atoms with Crippen molar-refractivity contribution in [3.05, 3.63) is 53.1 Å². The molecule has 0 aliphatic rings.